The van der Waals surface area contributed by atoms with Crippen LogP contribution in [-0.4, -0.2) is 20.1 Å². The summed E-state index contributed by atoms with van der Waals surface area (Å²) >= 11 is 0. The van der Waals surface area contributed by atoms with Crippen molar-refractivity contribution in [2.45, 2.75) is 6.92 Å². The molecule has 0 aliphatic heterocycles. The fourth-order valence-electron chi connectivity index (χ4n) is 3.21. The first-order valence-corrected chi connectivity index (χ1v) is 9.22. The van der Waals surface area contributed by atoms with Crippen LogP contribution in [0.15, 0.2) is 71.1 Å². The van der Waals surface area contributed by atoms with E-state index >= 15 is 0 Å². The number of methoxy groups -OCH3 is 2. The Morgan fingerprint density at radius 2 is 1.52 bits per heavy atom. The van der Waals surface area contributed by atoms with Gasteiger partial charge in [-0.1, -0.05) is 17.7 Å². The number of fused-ring (bicyclic) bond motifs is 1. The summed E-state index contributed by atoms with van der Waals surface area (Å²) in [6.07, 6.45) is 0. The van der Waals surface area contributed by atoms with E-state index in [0.29, 0.717) is 28.0 Å². The van der Waals surface area contributed by atoms with Crippen molar-refractivity contribution in [3.8, 4) is 22.8 Å². The lowest BCUT2D eigenvalue weighted by Crippen LogP contribution is -2.12. The molecule has 0 radical (unpaired) electrons. The first-order chi connectivity index (χ1) is 14.1. The number of anilines is 1. The number of amides is 1. The monoisotopic (exact) mass is 387 g/mol. The lowest BCUT2D eigenvalue weighted by molar-refractivity contribution is 0.102. The van der Waals surface area contributed by atoms with E-state index in [1.54, 1.807) is 14.2 Å². The van der Waals surface area contributed by atoms with Gasteiger partial charge in [0.2, 0.25) is 0 Å². The topological polar surface area (TPSA) is 60.7 Å². The lowest BCUT2D eigenvalue weighted by Gasteiger charge is -2.07. The Balaban J connectivity index is 1.83. The average Bonchev–Trinajstić information content (AvgIpc) is 3.14. The van der Waals surface area contributed by atoms with Crippen LogP contribution in [0.25, 0.3) is 22.3 Å². The van der Waals surface area contributed by atoms with Crippen molar-refractivity contribution in [1.82, 2.24) is 0 Å². The van der Waals surface area contributed by atoms with E-state index < -0.39 is 0 Å². The number of carbonyl (C=O) groups excluding carboxylic acids is 1. The van der Waals surface area contributed by atoms with Crippen molar-refractivity contribution < 1.29 is 18.7 Å². The molecule has 0 aliphatic carbocycles. The number of carbonyl (C=O) groups is 1. The highest BCUT2D eigenvalue weighted by Crippen LogP contribution is 2.36. The maximum Gasteiger partial charge on any atom is 0.260 e. The minimum atomic E-state index is -0.244. The van der Waals surface area contributed by atoms with Gasteiger partial charge in [-0.2, -0.15) is 0 Å². The molecular weight excluding hydrogens is 366 g/mol. The molecule has 4 aromatic rings. The molecule has 0 fully saturated rings. The molecule has 1 heterocycles. The Morgan fingerprint density at radius 1 is 0.862 bits per heavy atom. The van der Waals surface area contributed by atoms with Crippen molar-refractivity contribution in [3.05, 3.63) is 77.9 Å². The molecule has 0 bridgehead atoms. The summed E-state index contributed by atoms with van der Waals surface area (Å²) in [5.41, 5.74) is 3.71. The zero-order chi connectivity index (χ0) is 20.4. The van der Waals surface area contributed by atoms with Crippen molar-refractivity contribution in [2.24, 2.45) is 0 Å². The predicted molar refractivity (Wildman–Crippen MR) is 114 cm³/mol. The number of ether oxygens (including phenoxy) is 2. The summed E-state index contributed by atoms with van der Waals surface area (Å²) in [4.78, 5) is 13.3. The maximum absolute atomic E-state index is 13.3. The van der Waals surface area contributed by atoms with E-state index in [2.05, 4.69) is 5.32 Å². The normalized spacial score (nSPS) is 10.7. The molecule has 3 aromatic carbocycles. The molecular formula is C24H21NO4. The van der Waals surface area contributed by atoms with Crippen molar-refractivity contribution in [1.29, 1.82) is 0 Å². The second kappa shape index (κ2) is 7.72. The van der Waals surface area contributed by atoms with Crippen LogP contribution in [0, 0.1) is 6.92 Å². The Morgan fingerprint density at radius 3 is 2.17 bits per heavy atom. The minimum Gasteiger partial charge on any atom is -0.497 e. The van der Waals surface area contributed by atoms with Crippen LogP contribution in [0.2, 0.25) is 0 Å². The van der Waals surface area contributed by atoms with Gasteiger partial charge in [0.15, 0.2) is 0 Å². The van der Waals surface area contributed by atoms with E-state index in [0.717, 1.165) is 22.6 Å². The number of aryl methyl sites for hydroxylation is 1. The molecule has 4 rings (SSSR count). The van der Waals surface area contributed by atoms with Crippen LogP contribution in [-0.2, 0) is 0 Å². The number of furan rings is 1. The molecule has 1 aromatic heterocycles. The fourth-order valence-corrected chi connectivity index (χ4v) is 3.21. The third-order valence-electron chi connectivity index (χ3n) is 4.78. The van der Waals surface area contributed by atoms with Crippen molar-refractivity contribution in [2.75, 3.05) is 19.5 Å². The van der Waals surface area contributed by atoms with Gasteiger partial charge in [0.1, 0.15) is 22.8 Å². The van der Waals surface area contributed by atoms with E-state index in [4.69, 9.17) is 13.9 Å². The highest BCUT2D eigenvalue weighted by molar-refractivity contribution is 6.16. The Hall–Kier alpha value is -3.73. The van der Waals surface area contributed by atoms with E-state index in [9.17, 15) is 4.79 Å². The molecule has 0 unspecified atom stereocenters. The largest absolute Gasteiger partial charge is 0.497 e. The number of nitrogens with one attached hydrogen (secondary N) is 1. The predicted octanol–water partition coefficient (Wildman–Crippen LogP) is 5.68. The van der Waals surface area contributed by atoms with Crippen LogP contribution in [0.1, 0.15) is 15.9 Å². The Bertz CT molecular complexity index is 1160. The SMILES string of the molecule is COc1ccc(-c2oc3ccc(OC)cc3c2C(=O)Nc2ccc(C)cc2)cc1. The summed E-state index contributed by atoms with van der Waals surface area (Å²) in [6, 6.07) is 20.5. The Labute approximate surface area is 168 Å². The summed E-state index contributed by atoms with van der Waals surface area (Å²) in [5, 5.41) is 3.66. The molecule has 0 saturated carbocycles. The molecule has 5 heteroatoms. The van der Waals surface area contributed by atoms with Crippen LogP contribution < -0.4 is 14.8 Å². The van der Waals surface area contributed by atoms with Gasteiger partial charge in [0.05, 0.1) is 19.8 Å². The van der Waals surface area contributed by atoms with Crippen LogP contribution in [0.3, 0.4) is 0 Å². The number of rotatable bonds is 5. The van der Waals surface area contributed by atoms with Crippen molar-refractivity contribution in [3.63, 3.8) is 0 Å². The maximum atomic E-state index is 13.3. The summed E-state index contributed by atoms with van der Waals surface area (Å²) < 4.78 is 16.7. The van der Waals surface area contributed by atoms with Crippen molar-refractivity contribution >= 4 is 22.6 Å². The third-order valence-corrected chi connectivity index (χ3v) is 4.78. The standard InChI is InChI=1S/C24H21NO4/c1-15-4-8-17(9-5-15)25-24(26)22-20-14-19(28-3)12-13-21(20)29-23(22)16-6-10-18(27-2)11-7-16/h4-14H,1-3H3,(H,25,26). The molecule has 29 heavy (non-hydrogen) atoms. The van der Waals surface area contributed by atoms with Gasteiger partial charge in [-0.05, 0) is 61.5 Å². The second-order valence-corrected chi connectivity index (χ2v) is 6.72. The van der Waals surface area contributed by atoms with Gasteiger partial charge in [-0.15, -0.1) is 0 Å². The summed E-state index contributed by atoms with van der Waals surface area (Å²) in [5.74, 6) is 1.65. The number of hydrogen-bond donors (Lipinski definition) is 1. The molecule has 1 N–H and O–H groups in total. The van der Waals surface area contributed by atoms with E-state index in [1.807, 2.05) is 73.7 Å². The lowest BCUT2D eigenvalue weighted by atomic mass is 10.0. The van der Waals surface area contributed by atoms with Gasteiger partial charge >= 0.3 is 0 Å². The zero-order valence-corrected chi connectivity index (χ0v) is 16.5. The Kier molecular flexibility index (Phi) is 4.96. The summed E-state index contributed by atoms with van der Waals surface area (Å²) in [6.45, 7) is 2.00. The van der Waals surface area contributed by atoms with Crippen LogP contribution in [0.4, 0.5) is 5.69 Å². The van der Waals surface area contributed by atoms with Gasteiger partial charge in [-0.25, -0.2) is 0 Å². The third kappa shape index (κ3) is 3.67. The van der Waals surface area contributed by atoms with Gasteiger partial charge in [-0.3, -0.25) is 4.79 Å². The highest BCUT2D eigenvalue weighted by atomic mass is 16.5. The second-order valence-electron chi connectivity index (χ2n) is 6.72. The zero-order valence-electron chi connectivity index (χ0n) is 16.5. The minimum absolute atomic E-state index is 0.244. The molecule has 0 atom stereocenters. The fraction of sp³-hybridized carbons (Fsp3) is 0.125. The van der Waals surface area contributed by atoms with Crippen LogP contribution >= 0.6 is 0 Å². The first kappa shape index (κ1) is 18.6. The summed E-state index contributed by atoms with van der Waals surface area (Å²) in [7, 11) is 3.21. The quantitative estimate of drug-likeness (QED) is 0.479. The van der Waals surface area contributed by atoms with Gasteiger partial charge < -0.3 is 19.2 Å². The van der Waals surface area contributed by atoms with Gasteiger partial charge in [0, 0.05) is 16.6 Å². The first-order valence-electron chi connectivity index (χ1n) is 9.22. The average molecular weight is 387 g/mol. The van der Waals surface area contributed by atoms with Gasteiger partial charge in [0.25, 0.3) is 5.91 Å². The molecule has 0 spiro atoms. The smallest absolute Gasteiger partial charge is 0.260 e. The molecule has 1 amide bonds. The number of benzene rings is 3. The van der Waals surface area contributed by atoms with E-state index in [-0.39, 0.29) is 5.91 Å². The number of hydrogen-bond acceptors (Lipinski definition) is 4. The molecule has 0 aliphatic rings. The molecule has 146 valence electrons. The highest BCUT2D eigenvalue weighted by Gasteiger charge is 2.23. The molecule has 5 nitrogen and oxygen atoms in total. The van der Waals surface area contributed by atoms with E-state index in [1.165, 1.54) is 0 Å². The van der Waals surface area contributed by atoms with Crippen LogP contribution in [0.5, 0.6) is 11.5 Å². The molecule has 0 saturated heterocycles.